The molecular formula is C9H13NS. The lowest BCUT2D eigenvalue weighted by Gasteiger charge is -1.94. The zero-order valence-electron chi connectivity index (χ0n) is 6.71. The van der Waals surface area contributed by atoms with E-state index in [1.807, 2.05) is 18.4 Å². The Bertz CT molecular complexity index is 217. The zero-order valence-corrected chi connectivity index (χ0v) is 7.53. The number of hydrogen-bond donors (Lipinski definition) is 1. The minimum absolute atomic E-state index is 0.877. The van der Waals surface area contributed by atoms with Gasteiger partial charge in [-0.15, -0.1) is 11.3 Å². The molecule has 2 atom stereocenters. The first kappa shape index (κ1) is 7.32. The lowest BCUT2D eigenvalue weighted by molar-refractivity contribution is 0.700. The molecular weight excluding hydrogens is 154 g/mol. The van der Waals surface area contributed by atoms with Gasteiger partial charge in [0.15, 0.2) is 0 Å². The van der Waals surface area contributed by atoms with Crippen LogP contribution in [0.3, 0.4) is 0 Å². The van der Waals surface area contributed by atoms with Gasteiger partial charge >= 0.3 is 0 Å². The minimum Gasteiger partial charge on any atom is -0.319 e. The van der Waals surface area contributed by atoms with Crippen molar-refractivity contribution >= 4 is 11.3 Å². The smallest absolute Gasteiger partial charge is 0.00795 e. The van der Waals surface area contributed by atoms with Gasteiger partial charge < -0.3 is 5.32 Å². The van der Waals surface area contributed by atoms with Crippen molar-refractivity contribution < 1.29 is 0 Å². The van der Waals surface area contributed by atoms with Crippen molar-refractivity contribution in [3.05, 3.63) is 22.4 Å². The molecule has 2 heteroatoms. The van der Waals surface area contributed by atoms with Crippen molar-refractivity contribution in [1.29, 1.82) is 0 Å². The Morgan fingerprint density at radius 1 is 1.73 bits per heavy atom. The summed E-state index contributed by atoms with van der Waals surface area (Å²) in [5.41, 5.74) is 0. The maximum atomic E-state index is 3.23. The van der Waals surface area contributed by atoms with Gasteiger partial charge in [-0.2, -0.15) is 0 Å². The quantitative estimate of drug-likeness (QED) is 0.726. The molecule has 0 unspecified atom stereocenters. The van der Waals surface area contributed by atoms with Crippen LogP contribution in [0.1, 0.15) is 17.2 Å². The summed E-state index contributed by atoms with van der Waals surface area (Å²) in [6.45, 7) is 1.18. The van der Waals surface area contributed by atoms with Crippen molar-refractivity contribution in [1.82, 2.24) is 5.32 Å². The highest BCUT2D eigenvalue weighted by atomic mass is 32.1. The van der Waals surface area contributed by atoms with Crippen molar-refractivity contribution in [2.45, 2.75) is 12.3 Å². The third-order valence-electron chi connectivity index (χ3n) is 2.30. The van der Waals surface area contributed by atoms with Crippen LogP contribution < -0.4 is 5.32 Å². The molecule has 1 aromatic rings. The van der Waals surface area contributed by atoms with Crippen LogP contribution in [0.5, 0.6) is 0 Å². The largest absolute Gasteiger partial charge is 0.319 e. The monoisotopic (exact) mass is 167 g/mol. The van der Waals surface area contributed by atoms with Crippen LogP contribution in [0, 0.1) is 5.92 Å². The van der Waals surface area contributed by atoms with E-state index in [4.69, 9.17) is 0 Å². The van der Waals surface area contributed by atoms with E-state index < -0.39 is 0 Å². The van der Waals surface area contributed by atoms with Gasteiger partial charge in [-0.05, 0) is 43.3 Å². The summed E-state index contributed by atoms with van der Waals surface area (Å²) in [6, 6.07) is 4.40. The van der Waals surface area contributed by atoms with Gasteiger partial charge in [0, 0.05) is 4.88 Å². The Labute approximate surface area is 71.4 Å². The highest BCUT2D eigenvalue weighted by Gasteiger charge is 2.37. The Morgan fingerprint density at radius 3 is 3.27 bits per heavy atom. The molecule has 0 amide bonds. The summed E-state index contributed by atoms with van der Waals surface area (Å²) in [5.74, 6) is 1.79. The molecule has 0 aliphatic heterocycles. The molecule has 0 saturated heterocycles. The predicted octanol–water partition coefficient (Wildman–Crippen LogP) is 2.07. The third kappa shape index (κ3) is 1.47. The minimum atomic E-state index is 0.877. The van der Waals surface area contributed by atoms with Gasteiger partial charge in [0.05, 0.1) is 0 Å². The first-order valence-electron chi connectivity index (χ1n) is 4.10. The standard InChI is InChI=1S/C9H13NS/c1-10-6-7-5-8(7)9-3-2-4-11-9/h2-4,7-8,10H,5-6H2,1H3/t7-,8+/m1/s1. The van der Waals surface area contributed by atoms with Crippen LogP contribution in [0.25, 0.3) is 0 Å². The molecule has 1 aliphatic carbocycles. The van der Waals surface area contributed by atoms with E-state index in [0.29, 0.717) is 0 Å². The second-order valence-corrected chi connectivity index (χ2v) is 4.15. The Balaban J connectivity index is 1.92. The molecule has 1 saturated carbocycles. The van der Waals surface area contributed by atoms with Crippen LogP contribution in [0.2, 0.25) is 0 Å². The van der Waals surface area contributed by atoms with Gasteiger partial charge in [0.2, 0.25) is 0 Å². The summed E-state index contributed by atoms with van der Waals surface area (Å²) in [5, 5.41) is 5.40. The lowest BCUT2D eigenvalue weighted by Crippen LogP contribution is -2.09. The van der Waals surface area contributed by atoms with E-state index in [2.05, 4.69) is 22.8 Å². The molecule has 1 N–H and O–H groups in total. The van der Waals surface area contributed by atoms with E-state index >= 15 is 0 Å². The fourth-order valence-corrected chi connectivity index (χ4v) is 2.52. The number of rotatable bonds is 3. The molecule has 2 rings (SSSR count). The van der Waals surface area contributed by atoms with Crippen LogP contribution in [-0.4, -0.2) is 13.6 Å². The Morgan fingerprint density at radius 2 is 2.64 bits per heavy atom. The first-order chi connectivity index (χ1) is 5.42. The second-order valence-electron chi connectivity index (χ2n) is 3.18. The predicted molar refractivity (Wildman–Crippen MR) is 49.1 cm³/mol. The second kappa shape index (κ2) is 2.95. The molecule has 1 nitrogen and oxygen atoms in total. The maximum absolute atomic E-state index is 3.23. The number of nitrogens with one attached hydrogen (secondary N) is 1. The average molecular weight is 167 g/mol. The fraction of sp³-hybridized carbons (Fsp3) is 0.556. The van der Waals surface area contributed by atoms with Gasteiger partial charge in [0.25, 0.3) is 0 Å². The van der Waals surface area contributed by atoms with Crippen molar-refractivity contribution in [3.8, 4) is 0 Å². The van der Waals surface area contributed by atoms with Crippen LogP contribution in [-0.2, 0) is 0 Å². The summed E-state index contributed by atoms with van der Waals surface area (Å²) in [7, 11) is 2.03. The topological polar surface area (TPSA) is 12.0 Å². The lowest BCUT2D eigenvalue weighted by atomic mass is 10.3. The van der Waals surface area contributed by atoms with Gasteiger partial charge in [-0.3, -0.25) is 0 Å². The van der Waals surface area contributed by atoms with E-state index in [0.717, 1.165) is 11.8 Å². The van der Waals surface area contributed by atoms with E-state index in [-0.39, 0.29) is 0 Å². The first-order valence-corrected chi connectivity index (χ1v) is 4.98. The van der Waals surface area contributed by atoms with Crippen LogP contribution in [0.15, 0.2) is 17.5 Å². The van der Waals surface area contributed by atoms with E-state index in [9.17, 15) is 0 Å². The SMILES string of the molecule is CNC[C@H]1C[C@@H]1c1cccs1. The molecule has 60 valence electrons. The highest BCUT2D eigenvalue weighted by Crippen LogP contribution is 2.48. The van der Waals surface area contributed by atoms with E-state index in [1.165, 1.54) is 13.0 Å². The van der Waals surface area contributed by atoms with Crippen molar-refractivity contribution in [2.24, 2.45) is 5.92 Å². The fourth-order valence-electron chi connectivity index (χ4n) is 1.59. The van der Waals surface area contributed by atoms with Gasteiger partial charge in [0.1, 0.15) is 0 Å². The molecule has 1 fully saturated rings. The average Bonchev–Trinajstić information content (AvgIpc) is 2.61. The Hall–Kier alpha value is -0.340. The molecule has 1 aromatic heterocycles. The van der Waals surface area contributed by atoms with E-state index in [1.54, 1.807) is 4.88 Å². The molecule has 0 bridgehead atoms. The van der Waals surface area contributed by atoms with Crippen molar-refractivity contribution in [2.75, 3.05) is 13.6 Å². The van der Waals surface area contributed by atoms with Crippen molar-refractivity contribution in [3.63, 3.8) is 0 Å². The molecule has 11 heavy (non-hydrogen) atoms. The van der Waals surface area contributed by atoms with Crippen LogP contribution >= 0.6 is 11.3 Å². The summed E-state index contributed by atoms with van der Waals surface area (Å²) in [4.78, 5) is 1.57. The van der Waals surface area contributed by atoms with Gasteiger partial charge in [-0.25, -0.2) is 0 Å². The zero-order chi connectivity index (χ0) is 7.68. The maximum Gasteiger partial charge on any atom is 0.00795 e. The highest BCUT2D eigenvalue weighted by molar-refractivity contribution is 7.10. The molecule has 1 heterocycles. The molecule has 0 radical (unpaired) electrons. The summed E-state index contributed by atoms with van der Waals surface area (Å²) in [6.07, 6.45) is 1.39. The molecule has 0 spiro atoms. The Kier molecular flexibility index (Phi) is 1.96. The van der Waals surface area contributed by atoms with Gasteiger partial charge in [-0.1, -0.05) is 6.07 Å². The summed E-state index contributed by atoms with van der Waals surface area (Å²) < 4.78 is 0. The summed E-state index contributed by atoms with van der Waals surface area (Å²) >= 11 is 1.90. The van der Waals surface area contributed by atoms with Crippen LogP contribution in [0.4, 0.5) is 0 Å². The number of hydrogen-bond acceptors (Lipinski definition) is 2. The molecule has 1 aliphatic rings. The normalized spacial score (nSPS) is 28.8. The third-order valence-corrected chi connectivity index (χ3v) is 3.30. The molecule has 0 aromatic carbocycles. The number of thiophene rings is 1.